The van der Waals surface area contributed by atoms with Gasteiger partial charge >= 0.3 is 5.97 Å². The van der Waals surface area contributed by atoms with Crippen molar-refractivity contribution >= 4 is 11.9 Å². The highest BCUT2D eigenvalue weighted by atomic mass is 16.5. The highest BCUT2D eigenvalue weighted by molar-refractivity contribution is 5.91. The fourth-order valence-electron chi connectivity index (χ4n) is 2.03. The number of hydrogen-bond donors (Lipinski definition) is 1. The summed E-state index contributed by atoms with van der Waals surface area (Å²) in [6, 6.07) is 14.5. The Morgan fingerprint density at radius 3 is 2.29 bits per heavy atom. The van der Waals surface area contributed by atoms with Crippen LogP contribution in [0, 0.1) is 6.92 Å². The lowest BCUT2D eigenvalue weighted by Gasteiger charge is -2.08. The predicted molar refractivity (Wildman–Crippen MR) is 90.9 cm³/mol. The van der Waals surface area contributed by atoms with E-state index in [1.807, 2.05) is 38.1 Å². The number of ether oxygens (including phenoxy) is 2. The van der Waals surface area contributed by atoms with Gasteiger partial charge in [0.1, 0.15) is 5.75 Å². The molecule has 0 spiro atoms. The highest BCUT2D eigenvalue weighted by Gasteiger charge is 2.10. The first-order chi connectivity index (χ1) is 11.6. The maximum absolute atomic E-state index is 11.9. The van der Waals surface area contributed by atoms with Gasteiger partial charge in [-0.05, 0) is 43.7 Å². The number of benzene rings is 2. The van der Waals surface area contributed by atoms with Crippen molar-refractivity contribution in [1.82, 2.24) is 5.32 Å². The van der Waals surface area contributed by atoms with Gasteiger partial charge in [0.2, 0.25) is 0 Å². The molecule has 2 aromatic rings. The van der Waals surface area contributed by atoms with Crippen LogP contribution in [0.3, 0.4) is 0 Å². The van der Waals surface area contributed by atoms with Gasteiger partial charge in [-0.3, -0.25) is 4.79 Å². The van der Waals surface area contributed by atoms with Gasteiger partial charge in [0, 0.05) is 6.54 Å². The summed E-state index contributed by atoms with van der Waals surface area (Å²) in [6.45, 7) is 4.54. The fraction of sp³-hybridized carbons (Fsp3) is 0.263. The number of carbonyl (C=O) groups excluding carboxylic acids is 2. The topological polar surface area (TPSA) is 64.6 Å². The molecule has 0 aliphatic rings. The van der Waals surface area contributed by atoms with Gasteiger partial charge in [-0.25, -0.2) is 4.79 Å². The lowest BCUT2D eigenvalue weighted by molar-refractivity contribution is -0.124. The Morgan fingerprint density at radius 2 is 1.67 bits per heavy atom. The first-order valence-electron chi connectivity index (χ1n) is 7.80. The minimum absolute atomic E-state index is 0.308. The normalized spacial score (nSPS) is 10.1. The van der Waals surface area contributed by atoms with Gasteiger partial charge in [0.05, 0.1) is 12.2 Å². The fourth-order valence-corrected chi connectivity index (χ4v) is 2.03. The molecule has 5 nitrogen and oxygen atoms in total. The van der Waals surface area contributed by atoms with Crippen LogP contribution in [0.25, 0.3) is 0 Å². The second-order valence-electron chi connectivity index (χ2n) is 5.30. The predicted octanol–water partition coefficient (Wildman–Crippen LogP) is 2.87. The van der Waals surface area contributed by atoms with E-state index in [0.29, 0.717) is 24.5 Å². The molecule has 0 aliphatic heterocycles. The molecule has 0 fully saturated rings. The molecule has 0 bridgehead atoms. The molecule has 5 heteroatoms. The van der Waals surface area contributed by atoms with Crippen molar-refractivity contribution in [2.24, 2.45) is 0 Å². The Bertz CT molecular complexity index is 678. The molecule has 1 N–H and O–H groups in total. The monoisotopic (exact) mass is 327 g/mol. The average molecular weight is 327 g/mol. The van der Waals surface area contributed by atoms with E-state index in [1.165, 1.54) is 0 Å². The molecule has 0 saturated carbocycles. The van der Waals surface area contributed by atoms with E-state index in [4.69, 9.17) is 9.47 Å². The average Bonchev–Trinajstić information content (AvgIpc) is 2.60. The van der Waals surface area contributed by atoms with Crippen molar-refractivity contribution in [1.29, 1.82) is 0 Å². The van der Waals surface area contributed by atoms with Crippen molar-refractivity contribution in [2.75, 3.05) is 13.2 Å². The maximum Gasteiger partial charge on any atom is 0.338 e. The molecule has 0 unspecified atom stereocenters. The zero-order chi connectivity index (χ0) is 17.4. The standard InChI is InChI=1S/C19H21NO4/c1-3-23-17-10-8-16(9-11-17)19(22)24-13-18(21)20-12-15-6-4-14(2)5-7-15/h4-11H,3,12-13H2,1-2H3,(H,20,21). The van der Waals surface area contributed by atoms with E-state index in [-0.39, 0.29) is 12.5 Å². The van der Waals surface area contributed by atoms with Crippen LogP contribution in [0.15, 0.2) is 48.5 Å². The van der Waals surface area contributed by atoms with Crippen LogP contribution in [0.2, 0.25) is 0 Å². The molecule has 0 heterocycles. The summed E-state index contributed by atoms with van der Waals surface area (Å²) < 4.78 is 10.3. The number of hydrogen-bond acceptors (Lipinski definition) is 4. The number of rotatable bonds is 7. The number of nitrogens with one attached hydrogen (secondary N) is 1. The first kappa shape index (κ1) is 17.5. The van der Waals surface area contributed by atoms with Gasteiger partial charge in [-0.1, -0.05) is 29.8 Å². The third-order valence-electron chi connectivity index (χ3n) is 3.35. The number of aryl methyl sites for hydroxylation is 1. The second kappa shape index (κ2) is 8.72. The van der Waals surface area contributed by atoms with Gasteiger partial charge in [0.15, 0.2) is 6.61 Å². The quantitative estimate of drug-likeness (QED) is 0.794. The maximum atomic E-state index is 11.9. The van der Waals surface area contributed by atoms with Crippen LogP contribution >= 0.6 is 0 Å². The molecular weight excluding hydrogens is 306 g/mol. The Kier molecular flexibility index (Phi) is 6.37. The van der Waals surface area contributed by atoms with Gasteiger partial charge in [-0.2, -0.15) is 0 Å². The third kappa shape index (κ3) is 5.43. The number of esters is 1. The molecule has 0 radical (unpaired) electrons. The lowest BCUT2D eigenvalue weighted by atomic mass is 10.1. The van der Waals surface area contributed by atoms with E-state index in [0.717, 1.165) is 11.1 Å². The lowest BCUT2D eigenvalue weighted by Crippen LogP contribution is -2.28. The van der Waals surface area contributed by atoms with E-state index >= 15 is 0 Å². The van der Waals surface area contributed by atoms with Crippen molar-refractivity contribution in [3.05, 3.63) is 65.2 Å². The summed E-state index contributed by atoms with van der Waals surface area (Å²) >= 11 is 0. The summed E-state index contributed by atoms with van der Waals surface area (Å²) in [4.78, 5) is 23.6. The molecule has 24 heavy (non-hydrogen) atoms. The Hall–Kier alpha value is -2.82. The first-order valence-corrected chi connectivity index (χ1v) is 7.80. The summed E-state index contributed by atoms with van der Waals surface area (Å²) in [5.41, 5.74) is 2.53. The zero-order valence-corrected chi connectivity index (χ0v) is 13.9. The minimum Gasteiger partial charge on any atom is -0.494 e. The van der Waals surface area contributed by atoms with Gasteiger partial charge in [0.25, 0.3) is 5.91 Å². The van der Waals surface area contributed by atoms with Crippen molar-refractivity contribution in [3.63, 3.8) is 0 Å². The third-order valence-corrected chi connectivity index (χ3v) is 3.35. The van der Waals surface area contributed by atoms with Crippen LogP contribution in [0.5, 0.6) is 5.75 Å². The molecule has 0 saturated heterocycles. The molecule has 2 aromatic carbocycles. The number of amides is 1. The minimum atomic E-state index is -0.538. The van der Waals surface area contributed by atoms with E-state index in [2.05, 4.69) is 5.32 Å². The van der Waals surface area contributed by atoms with Crippen LogP contribution in [-0.2, 0) is 16.1 Å². The van der Waals surface area contributed by atoms with Gasteiger partial charge in [-0.15, -0.1) is 0 Å². The Labute approximate surface area is 141 Å². The van der Waals surface area contributed by atoms with E-state index in [9.17, 15) is 9.59 Å². The second-order valence-corrected chi connectivity index (χ2v) is 5.30. The van der Waals surface area contributed by atoms with E-state index in [1.54, 1.807) is 24.3 Å². The zero-order valence-electron chi connectivity index (χ0n) is 13.9. The van der Waals surface area contributed by atoms with Crippen LogP contribution < -0.4 is 10.1 Å². The largest absolute Gasteiger partial charge is 0.494 e. The number of carbonyl (C=O) groups is 2. The van der Waals surface area contributed by atoms with Crippen LogP contribution in [0.1, 0.15) is 28.4 Å². The molecular formula is C19H21NO4. The SMILES string of the molecule is CCOc1ccc(C(=O)OCC(=O)NCc2ccc(C)cc2)cc1. The molecule has 0 aliphatic carbocycles. The van der Waals surface area contributed by atoms with Crippen molar-refractivity contribution in [2.45, 2.75) is 20.4 Å². The molecule has 2 rings (SSSR count). The molecule has 0 atom stereocenters. The van der Waals surface area contributed by atoms with Gasteiger partial charge < -0.3 is 14.8 Å². The smallest absolute Gasteiger partial charge is 0.338 e. The Morgan fingerprint density at radius 1 is 1.00 bits per heavy atom. The Balaban J connectivity index is 1.76. The van der Waals surface area contributed by atoms with Crippen LogP contribution in [-0.4, -0.2) is 25.1 Å². The molecule has 0 aromatic heterocycles. The van der Waals surface area contributed by atoms with Crippen molar-refractivity contribution < 1.29 is 19.1 Å². The van der Waals surface area contributed by atoms with Crippen LogP contribution in [0.4, 0.5) is 0 Å². The van der Waals surface area contributed by atoms with Crippen molar-refractivity contribution in [3.8, 4) is 5.75 Å². The summed E-state index contributed by atoms with van der Waals surface area (Å²) in [7, 11) is 0. The highest BCUT2D eigenvalue weighted by Crippen LogP contribution is 2.12. The van der Waals surface area contributed by atoms with E-state index < -0.39 is 5.97 Å². The molecule has 126 valence electrons. The molecule has 1 amide bonds. The summed E-state index contributed by atoms with van der Waals surface area (Å²) in [5, 5.41) is 2.71. The summed E-state index contributed by atoms with van der Waals surface area (Å²) in [5.74, 6) is -0.191. The summed E-state index contributed by atoms with van der Waals surface area (Å²) in [6.07, 6.45) is 0.